The van der Waals surface area contributed by atoms with Gasteiger partial charge in [0.25, 0.3) is 5.91 Å². The number of amides is 1. The van der Waals surface area contributed by atoms with Gasteiger partial charge >= 0.3 is 12.1 Å². The third-order valence-electron chi connectivity index (χ3n) is 2.39. The van der Waals surface area contributed by atoms with Crippen molar-refractivity contribution in [3.63, 3.8) is 0 Å². The van der Waals surface area contributed by atoms with Gasteiger partial charge in [0.2, 0.25) is 0 Å². The largest absolute Gasteiger partial charge is 0.481 e. The van der Waals surface area contributed by atoms with Crippen LogP contribution < -0.4 is 5.32 Å². The van der Waals surface area contributed by atoms with Gasteiger partial charge in [0.1, 0.15) is 0 Å². The van der Waals surface area contributed by atoms with Crippen LogP contribution >= 0.6 is 15.9 Å². The SMILES string of the molecule is CC(CC(=O)O)NC(=O)c1ccc(Br)cc1C(F)(F)F. The Bertz CT molecular complexity index is 531. The van der Waals surface area contributed by atoms with Gasteiger partial charge in [0.05, 0.1) is 17.5 Å². The monoisotopic (exact) mass is 353 g/mol. The number of halogens is 4. The maximum Gasteiger partial charge on any atom is 0.417 e. The number of hydrogen-bond donors (Lipinski definition) is 2. The lowest BCUT2D eigenvalue weighted by atomic mass is 10.1. The fourth-order valence-electron chi connectivity index (χ4n) is 1.56. The molecule has 20 heavy (non-hydrogen) atoms. The van der Waals surface area contributed by atoms with E-state index < -0.39 is 35.2 Å². The molecule has 1 rings (SSSR count). The van der Waals surface area contributed by atoms with Crippen LogP contribution in [0.3, 0.4) is 0 Å². The van der Waals surface area contributed by atoms with Crippen LogP contribution in [0.1, 0.15) is 29.3 Å². The number of carboxylic acid groups (broad SMARTS) is 1. The van der Waals surface area contributed by atoms with Gasteiger partial charge in [0, 0.05) is 10.5 Å². The molecule has 0 bridgehead atoms. The highest BCUT2D eigenvalue weighted by Gasteiger charge is 2.35. The van der Waals surface area contributed by atoms with Gasteiger partial charge in [-0.15, -0.1) is 0 Å². The molecule has 1 amide bonds. The average Bonchev–Trinajstić information content (AvgIpc) is 2.25. The summed E-state index contributed by atoms with van der Waals surface area (Å²) < 4.78 is 38.7. The summed E-state index contributed by atoms with van der Waals surface area (Å²) >= 11 is 2.91. The Hall–Kier alpha value is -1.57. The molecule has 0 fully saturated rings. The lowest BCUT2D eigenvalue weighted by Gasteiger charge is -2.16. The molecule has 1 atom stereocenters. The molecule has 0 aliphatic heterocycles. The van der Waals surface area contributed by atoms with Crippen molar-refractivity contribution >= 4 is 27.8 Å². The van der Waals surface area contributed by atoms with Crippen LogP contribution in [-0.2, 0) is 11.0 Å². The first kappa shape index (κ1) is 16.5. The summed E-state index contributed by atoms with van der Waals surface area (Å²) in [6.07, 6.45) is -5.05. The number of nitrogens with one attached hydrogen (secondary N) is 1. The van der Waals surface area contributed by atoms with E-state index in [-0.39, 0.29) is 10.9 Å². The molecule has 4 nitrogen and oxygen atoms in total. The summed E-state index contributed by atoms with van der Waals surface area (Å²) in [5.41, 5.74) is -1.62. The lowest BCUT2D eigenvalue weighted by molar-refractivity contribution is -0.138. The van der Waals surface area contributed by atoms with E-state index in [9.17, 15) is 22.8 Å². The van der Waals surface area contributed by atoms with Gasteiger partial charge < -0.3 is 10.4 Å². The van der Waals surface area contributed by atoms with E-state index in [1.54, 1.807) is 0 Å². The third kappa shape index (κ3) is 4.52. The molecule has 1 unspecified atom stereocenters. The van der Waals surface area contributed by atoms with Crippen molar-refractivity contribution in [2.24, 2.45) is 0 Å². The number of alkyl halides is 3. The Morgan fingerprint density at radius 2 is 2.00 bits per heavy atom. The molecule has 0 aliphatic carbocycles. The predicted molar refractivity (Wildman–Crippen MR) is 68.3 cm³/mol. The molecule has 0 radical (unpaired) electrons. The number of carboxylic acids is 1. The van der Waals surface area contributed by atoms with Gasteiger partial charge in [-0.2, -0.15) is 13.2 Å². The lowest BCUT2D eigenvalue weighted by Crippen LogP contribution is -2.35. The molecule has 0 heterocycles. The van der Waals surface area contributed by atoms with Gasteiger partial charge in [-0.3, -0.25) is 9.59 Å². The number of carbonyl (C=O) groups is 2. The summed E-state index contributed by atoms with van der Waals surface area (Å²) in [6.45, 7) is 1.40. The summed E-state index contributed by atoms with van der Waals surface area (Å²) in [5, 5.41) is 10.8. The fourth-order valence-corrected chi connectivity index (χ4v) is 1.92. The molecule has 1 aromatic carbocycles. The van der Waals surface area contributed by atoms with Crippen LogP contribution in [0.2, 0.25) is 0 Å². The van der Waals surface area contributed by atoms with Crippen molar-refractivity contribution in [2.45, 2.75) is 25.6 Å². The molecule has 0 aromatic heterocycles. The second kappa shape index (κ2) is 6.25. The van der Waals surface area contributed by atoms with E-state index in [2.05, 4.69) is 21.2 Å². The zero-order valence-electron chi connectivity index (χ0n) is 10.3. The van der Waals surface area contributed by atoms with Gasteiger partial charge in [-0.25, -0.2) is 0 Å². The minimum atomic E-state index is -4.67. The molecule has 2 N–H and O–H groups in total. The molecule has 0 saturated carbocycles. The molecule has 0 aliphatic rings. The molecule has 1 aromatic rings. The average molecular weight is 354 g/mol. The summed E-state index contributed by atoms with van der Waals surface area (Å²) in [4.78, 5) is 22.3. The number of carbonyl (C=O) groups excluding carboxylic acids is 1. The smallest absolute Gasteiger partial charge is 0.417 e. The van der Waals surface area contributed by atoms with Crippen molar-refractivity contribution in [2.75, 3.05) is 0 Å². The molecular weight excluding hydrogens is 343 g/mol. The number of aliphatic carboxylic acids is 1. The van der Waals surface area contributed by atoms with Gasteiger partial charge in [0.15, 0.2) is 0 Å². The van der Waals surface area contributed by atoms with E-state index in [1.807, 2.05) is 0 Å². The first-order valence-electron chi connectivity index (χ1n) is 5.50. The van der Waals surface area contributed by atoms with E-state index in [0.717, 1.165) is 12.1 Å². The number of hydrogen-bond acceptors (Lipinski definition) is 2. The molecule has 0 saturated heterocycles. The minimum absolute atomic E-state index is 0.194. The fraction of sp³-hybridized carbons (Fsp3) is 0.333. The topological polar surface area (TPSA) is 66.4 Å². The molecular formula is C12H11BrF3NO3. The van der Waals surface area contributed by atoms with Crippen LogP contribution in [0.25, 0.3) is 0 Å². The van der Waals surface area contributed by atoms with Crippen molar-refractivity contribution < 1.29 is 27.9 Å². The molecule has 110 valence electrons. The quantitative estimate of drug-likeness (QED) is 0.874. The van der Waals surface area contributed by atoms with Crippen molar-refractivity contribution in [3.05, 3.63) is 33.8 Å². The molecule has 0 spiro atoms. The Labute approximate surface area is 121 Å². The third-order valence-corrected chi connectivity index (χ3v) is 2.88. The maximum atomic E-state index is 12.8. The zero-order chi connectivity index (χ0) is 15.5. The Morgan fingerprint density at radius 1 is 1.40 bits per heavy atom. The zero-order valence-corrected chi connectivity index (χ0v) is 11.9. The summed E-state index contributed by atoms with van der Waals surface area (Å²) in [6, 6.07) is 2.38. The number of rotatable bonds is 4. The van der Waals surface area contributed by atoms with Crippen molar-refractivity contribution in [3.8, 4) is 0 Å². The summed E-state index contributed by atoms with van der Waals surface area (Å²) in [7, 11) is 0. The second-order valence-electron chi connectivity index (χ2n) is 4.16. The van der Waals surface area contributed by atoms with Crippen LogP contribution in [0.5, 0.6) is 0 Å². The minimum Gasteiger partial charge on any atom is -0.481 e. The van der Waals surface area contributed by atoms with Gasteiger partial charge in [-0.05, 0) is 25.1 Å². The predicted octanol–water partition coefficient (Wildman–Crippen LogP) is 3.06. The highest BCUT2D eigenvalue weighted by atomic mass is 79.9. The Balaban J connectivity index is 3.01. The number of benzene rings is 1. The van der Waals surface area contributed by atoms with Crippen molar-refractivity contribution in [1.29, 1.82) is 0 Å². The highest BCUT2D eigenvalue weighted by molar-refractivity contribution is 9.10. The Morgan fingerprint density at radius 3 is 2.50 bits per heavy atom. The maximum absolute atomic E-state index is 12.8. The van der Waals surface area contributed by atoms with Crippen LogP contribution in [0, 0.1) is 0 Å². The Kier molecular flexibility index (Phi) is 5.15. The van der Waals surface area contributed by atoms with Gasteiger partial charge in [-0.1, -0.05) is 15.9 Å². The standard InChI is InChI=1S/C12H11BrF3NO3/c1-6(4-10(18)19)17-11(20)8-3-2-7(13)5-9(8)12(14,15)16/h2-3,5-6H,4H2,1H3,(H,17,20)(H,18,19). The van der Waals surface area contributed by atoms with E-state index in [4.69, 9.17) is 5.11 Å². The van der Waals surface area contributed by atoms with E-state index >= 15 is 0 Å². The van der Waals surface area contributed by atoms with Crippen molar-refractivity contribution in [1.82, 2.24) is 5.32 Å². The highest BCUT2D eigenvalue weighted by Crippen LogP contribution is 2.33. The first-order valence-corrected chi connectivity index (χ1v) is 6.30. The van der Waals surface area contributed by atoms with E-state index in [1.165, 1.54) is 13.0 Å². The van der Waals surface area contributed by atoms with Crippen LogP contribution in [-0.4, -0.2) is 23.0 Å². The van der Waals surface area contributed by atoms with Crippen LogP contribution in [0.4, 0.5) is 13.2 Å². The van der Waals surface area contributed by atoms with Crippen LogP contribution in [0.15, 0.2) is 22.7 Å². The molecule has 8 heteroatoms. The first-order chi connectivity index (χ1) is 9.11. The van der Waals surface area contributed by atoms with E-state index in [0.29, 0.717) is 0 Å². The normalized spacial score (nSPS) is 12.8. The summed E-state index contributed by atoms with van der Waals surface area (Å²) in [5.74, 6) is -2.11. The second-order valence-corrected chi connectivity index (χ2v) is 5.08.